The second-order valence-electron chi connectivity index (χ2n) is 9.88. The van der Waals surface area contributed by atoms with Crippen molar-refractivity contribution in [3.63, 3.8) is 0 Å². The third kappa shape index (κ3) is 5.40. The van der Waals surface area contributed by atoms with E-state index in [0.29, 0.717) is 24.6 Å². The number of fused-ring (bicyclic) bond motifs is 1. The van der Waals surface area contributed by atoms with E-state index < -0.39 is 6.10 Å². The number of ether oxygens (including phenoxy) is 1. The van der Waals surface area contributed by atoms with E-state index in [-0.39, 0.29) is 23.8 Å². The average molecular weight is 449 g/mol. The monoisotopic (exact) mass is 448 g/mol. The number of hydrogen-bond donors (Lipinski definition) is 1. The summed E-state index contributed by atoms with van der Waals surface area (Å²) in [6, 6.07) is 14.5. The van der Waals surface area contributed by atoms with Crippen molar-refractivity contribution in [1.82, 2.24) is 10.2 Å². The number of hydrogen-bond acceptors (Lipinski definition) is 3. The Bertz CT molecular complexity index is 995. The summed E-state index contributed by atoms with van der Waals surface area (Å²) in [5, 5.41) is 2.98. The number of amides is 2. The second-order valence-corrected chi connectivity index (χ2v) is 9.88. The Morgan fingerprint density at radius 1 is 1.12 bits per heavy atom. The van der Waals surface area contributed by atoms with Crippen LogP contribution in [0.4, 0.5) is 0 Å². The first-order valence-corrected chi connectivity index (χ1v) is 12.3. The summed E-state index contributed by atoms with van der Waals surface area (Å²) in [6.07, 6.45) is 2.88. The molecule has 2 unspecified atom stereocenters. The molecule has 4 rings (SSSR count). The SMILES string of the molecule is CCC(Oc1ccc2c(c1)C(c1ccc(C)cc1)N(C(=O)C1CC1)CC2)C(=O)NCC(C)C. The lowest BCUT2D eigenvalue weighted by Crippen LogP contribution is -2.41. The number of aryl methyl sites for hydroxylation is 1. The van der Waals surface area contributed by atoms with Crippen molar-refractivity contribution < 1.29 is 14.3 Å². The molecule has 2 amide bonds. The van der Waals surface area contributed by atoms with Gasteiger partial charge in [-0.05, 0) is 67.3 Å². The molecule has 2 aromatic carbocycles. The van der Waals surface area contributed by atoms with E-state index in [1.807, 2.05) is 19.1 Å². The van der Waals surface area contributed by atoms with Crippen LogP contribution in [0.1, 0.15) is 68.3 Å². The van der Waals surface area contributed by atoms with Crippen molar-refractivity contribution in [3.8, 4) is 5.75 Å². The molecule has 1 heterocycles. The molecule has 33 heavy (non-hydrogen) atoms. The van der Waals surface area contributed by atoms with E-state index in [1.165, 1.54) is 11.1 Å². The van der Waals surface area contributed by atoms with Crippen LogP contribution >= 0.6 is 0 Å². The maximum atomic E-state index is 13.2. The summed E-state index contributed by atoms with van der Waals surface area (Å²) in [5.74, 6) is 1.42. The summed E-state index contributed by atoms with van der Waals surface area (Å²) in [7, 11) is 0. The summed E-state index contributed by atoms with van der Waals surface area (Å²) >= 11 is 0. The van der Waals surface area contributed by atoms with Crippen LogP contribution < -0.4 is 10.1 Å². The Balaban J connectivity index is 1.63. The molecule has 5 heteroatoms. The topological polar surface area (TPSA) is 58.6 Å². The molecule has 1 fully saturated rings. The molecule has 2 aromatic rings. The third-order valence-corrected chi connectivity index (χ3v) is 6.57. The van der Waals surface area contributed by atoms with Gasteiger partial charge in [-0.25, -0.2) is 0 Å². The van der Waals surface area contributed by atoms with E-state index in [9.17, 15) is 9.59 Å². The number of benzene rings is 2. The molecular weight excluding hydrogens is 412 g/mol. The Morgan fingerprint density at radius 3 is 2.48 bits per heavy atom. The van der Waals surface area contributed by atoms with Gasteiger partial charge in [-0.2, -0.15) is 0 Å². The fourth-order valence-electron chi connectivity index (χ4n) is 4.48. The maximum Gasteiger partial charge on any atom is 0.261 e. The van der Waals surface area contributed by atoms with Crippen molar-refractivity contribution in [2.45, 2.75) is 65.5 Å². The van der Waals surface area contributed by atoms with Gasteiger partial charge in [0, 0.05) is 19.0 Å². The fourth-order valence-corrected chi connectivity index (χ4v) is 4.48. The predicted molar refractivity (Wildman–Crippen MR) is 130 cm³/mol. The molecule has 5 nitrogen and oxygen atoms in total. The number of carbonyl (C=O) groups excluding carboxylic acids is 2. The zero-order valence-corrected chi connectivity index (χ0v) is 20.3. The van der Waals surface area contributed by atoms with Crippen molar-refractivity contribution in [2.24, 2.45) is 11.8 Å². The molecule has 0 saturated heterocycles. The number of carbonyl (C=O) groups is 2. The largest absolute Gasteiger partial charge is 0.481 e. The lowest BCUT2D eigenvalue weighted by Gasteiger charge is -2.38. The minimum atomic E-state index is -0.535. The van der Waals surface area contributed by atoms with Gasteiger partial charge in [-0.1, -0.05) is 56.7 Å². The lowest BCUT2D eigenvalue weighted by molar-refractivity contribution is -0.134. The van der Waals surface area contributed by atoms with Gasteiger partial charge in [-0.15, -0.1) is 0 Å². The molecular formula is C28H36N2O3. The second kappa shape index (κ2) is 9.98. The molecule has 1 saturated carbocycles. The highest BCUT2D eigenvalue weighted by Gasteiger charge is 2.39. The Labute approximate surface area is 197 Å². The van der Waals surface area contributed by atoms with Crippen LogP contribution in [0.3, 0.4) is 0 Å². The van der Waals surface area contributed by atoms with Gasteiger partial charge >= 0.3 is 0 Å². The Kier molecular flexibility index (Phi) is 7.06. The zero-order valence-electron chi connectivity index (χ0n) is 20.3. The molecule has 1 N–H and O–H groups in total. The van der Waals surface area contributed by atoms with Crippen LogP contribution in [0.25, 0.3) is 0 Å². The van der Waals surface area contributed by atoms with Gasteiger partial charge in [0.05, 0.1) is 6.04 Å². The van der Waals surface area contributed by atoms with Crippen molar-refractivity contribution >= 4 is 11.8 Å². The summed E-state index contributed by atoms with van der Waals surface area (Å²) in [6.45, 7) is 9.56. The van der Waals surface area contributed by atoms with Crippen LogP contribution in [0, 0.1) is 18.8 Å². The molecule has 2 aliphatic rings. The normalized spacial score (nSPS) is 18.6. The average Bonchev–Trinajstić information content (AvgIpc) is 3.66. The van der Waals surface area contributed by atoms with Crippen molar-refractivity contribution in [2.75, 3.05) is 13.1 Å². The van der Waals surface area contributed by atoms with Crippen LogP contribution in [0.5, 0.6) is 5.75 Å². The highest BCUT2D eigenvalue weighted by molar-refractivity contribution is 5.82. The first-order valence-electron chi connectivity index (χ1n) is 12.3. The standard InChI is InChI=1S/C28H36N2O3/c1-5-25(27(31)29-17-18(2)3)33-23-13-12-20-14-15-30(28(32)22-10-11-22)26(24(20)16-23)21-8-6-19(4)7-9-21/h6-9,12-13,16,18,22,25-26H,5,10-11,14-15,17H2,1-4H3,(H,29,31). The number of nitrogens with one attached hydrogen (secondary N) is 1. The van der Waals surface area contributed by atoms with Gasteiger partial charge in [0.1, 0.15) is 5.75 Å². The van der Waals surface area contributed by atoms with Crippen LogP contribution in [0.2, 0.25) is 0 Å². The molecule has 0 radical (unpaired) electrons. The van der Waals surface area contributed by atoms with Gasteiger partial charge in [0.15, 0.2) is 6.10 Å². The minimum absolute atomic E-state index is 0.0791. The van der Waals surface area contributed by atoms with E-state index in [4.69, 9.17) is 4.74 Å². The summed E-state index contributed by atoms with van der Waals surface area (Å²) in [4.78, 5) is 27.9. The first kappa shape index (κ1) is 23.3. The van der Waals surface area contributed by atoms with Crippen molar-refractivity contribution in [3.05, 3.63) is 64.7 Å². The van der Waals surface area contributed by atoms with Crippen LogP contribution in [-0.2, 0) is 16.0 Å². The summed E-state index contributed by atoms with van der Waals surface area (Å²) < 4.78 is 6.17. The molecule has 0 spiro atoms. The number of nitrogens with zero attached hydrogens (tertiary/aromatic N) is 1. The predicted octanol–water partition coefficient (Wildman–Crippen LogP) is 4.81. The van der Waals surface area contributed by atoms with E-state index in [2.05, 4.69) is 61.3 Å². The van der Waals surface area contributed by atoms with Crippen LogP contribution in [-0.4, -0.2) is 35.9 Å². The molecule has 1 aliphatic carbocycles. The Hall–Kier alpha value is -2.82. The number of rotatable bonds is 8. The van der Waals surface area contributed by atoms with Gasteiger partial charge < -0.3 is 15.0 Å². The van der Waals surface area contributed by atoms with Crippen LogP contribution in [0.15, 0.2) is 42.5 Å². The molecule has 0 bridgehead atoms. The van der Waals surface area contributed by atoms with E-state index >= 15 is 0 Å². The third-order valence-electron chi connectivity index (χ3n) is 6.57. The minimum Gasteiger partial charge on any atom is -0.481 e. The molecule has 2 atom stereocenters. The van der Waals surface area contributed by atoms with Gasteiger partial charge in [-0.3, -0.25) is 9.59 Å². The molecule has 1 aliphatic heterocycles. The first-order chi connectivity index (χ1) is 15.9. The van der Waals surface area contributed by atoms with E-state index in [1.54, 1.807) is 0 Å². The zero-order chi connectivity index (χ0) is 23.5. The Morgan fingerprint density at radius 2 is 1.85 bits per heavy atom. The maximum absolute atomic E-state index is 13.2. The fraction of sp³-hybridized carbons (Fsp3) is 0.500. The van der Waals surface area contributed by atoms with Crippen molar-refractivity contribution in [1.29, 1.82) is 0 Å². The van der Waals surface area contributed by atoms with Gasteiger partial charge in [0.25, 0.3) is 5.91 Å². The quantitative estimate of drug-likeness (QED) is 0.631. The summed E-state index contributed by atoms with van der Waals surface area (Å²) in [5.41, 5.74) is 4.67. The van der Waals surface area contributed by atoms with E-state index in [0.717, 1.165) is 36.9 Å². The van der Waals surface area contributed by atoms with Gasteiger partial charge in [0.2, 0.25) is 5.91 Å². The highest BCUT2D eigenvalue weighted by Crippen LogP contribution is 2.41. The smallest absolute Gasteiger partial charge is 0.261 e. The molecule has 0 aromatic heterocycles. The molecule has 176 valence electrons. The highest BCUT2D eigenvalue weighted by atomic mass is 16.5. The lowest BCUT2D eigenvalue weighted by atomic mass is 9.87.